The lowest BCUT2D eigenvalue weighted by Gasteiger charge is -2.28. The Balaban J connectivity index is 1.93. The number of tetrazole rings is 1. The van der Waals surface area contributed by atoms with Crippen molar-refractivity contribution >= 4 is 39.1 Å². The Hall–Kier alpha value is -2.61. The summed E-state index contributed by atoms with van der Waals surface area (Å²) in [6, 6.07) is 7.86. The molecule has 3 heterocycles. The van der Waals surface area contributed by atoms with Gasteiger partial charge in [0.15, 0.2) is 0 Å². The number of ether oxygens (including phenoxy) is 1. The number of hydrogen-bond donors (Lipinski definition) is 0. The van der Waals surface area contributed by atoms with Gasteiger partial charge in [-0.15, -0.1) is 11.3 Å². The Morgan fingerprint density at radius 2 is 2.12 bits per heavy atom. The van der Waals surface area contributed by atoms with Gasteiger partial charge in [-0.3, -0.25) is 4.79 Å². The molecule has 1 aliphatic rings. The molecular weight excluding hydrogens is 338 g/mol. The molecule has 0 fully saturated rings. The van der Waals surface area contributed by atoms with Gasteiger partial charge in [0.2, 0.25) is 0 Å². The van der Waals surface area contributed by atoms with Crippen LogP contribution in [0.15, 0.2) is 29.3 Å². The Morgan fingerprint density at radius 3 is 2.88 bits per heavy atom. The van der Waals surface area contributed by atoms with Crippen molar-refractivity contribution in [1.29, 1.82) is 0 Å². The van der Waals surface area contributed by atoms with E-state index in [4.69, 9.17) is 4.74 Å². The predicted octanol–water partition coefficient (Wildman–Crippen LogP) is 3.07. The summed E-state index contributed by atoms with van der Waals surface area (Å²) >= 11 is 1.66. The molecule has 0 radical (unpaired) electrons. The monoisotopic (exact) mass is 355 g/mol. The average molecular weight is 355 g/mol. The van der Waals surface area contributed by atoms with E-state index in [0.717, 1.165) is 10.4 Å². The molecule has 128 valence electrons. The van der Waals surface area contributed by atoms with E-state index in [2.05, 4.69) is 39.6 Å². The summed E-state index contributed by atoms with van der Waals surface area (Å²) < 4.78 is 8.12. The largest absolute Gasteiger partial charge is 0.465 e. The zero-order valence-corrected chi connectivity index (χ0v) is 14.9. The third-order valence-electron chi connectivity index (χ3n) is 4.47. The topological polar surface area (TPSA) is 82.3 Å². The van der Waals surface area contributed by atoms with Crippen molar-refractivity contribution in [3.8, 4) is 0 Å². The molecule has 8 heteroatoms. The van der Waals surface area contributed by atoms with E-state index in [1.165, 1.54) is 10.1 Å². The standard InChI is InChI=1S/C17H17N5O2S/c1-4-24-16(23)13-10(3)18-17-19-20-21-22(17)14(13)15-9(2)11-7-5-6-8-12(11)25-15/h5-8,13-14H,4H2,1-3H3. The minimum atomic E-state index is -0.539. The van der Waals surface area contributed by atoms with E-state index in [1.54, 1.807) is 22.9 Å². The van der Waals surface area contributed by atoms with Gasteiger partial charge in [0.05, 0.1) is 6.61 Å². The van der Waals surface area contributed by atoms with Crippen molar-refractivity contribution in [3.63, 3.8) is 0 Å². The summed E-state index contributed by atoms with van der Waals surface area (Å²) in [4.78, 5) is 18.1. The Labute approximate surface area is 148 Å². The molecule has 7 nitrogen and oxygen atoms in total. The zero-order valence-electron chi connectivity index (χ0n) is 14.1. The number of carbonyl (C=O) groups is 1. The van der Waals surface area contributed by atoms with Crippen LogP contribution in [0, 0.1) is 12.8 Å². The number of carbonyl (C=O) groups excluding carboxylic acids is 1. The Kier molecular flexibility index (Phi) is 3.84. The van der Waals surface area contributed by atoms with E-state index < -0.39 is 5.92 Å². The second-order valence-corrected chi connectivity index (χ2v) is 7.02. The van der Waals surface area contributed by atoms with Crippen molar-refractivity contribution in [3.05, 3.63) is 34.7 Å². The smallest absolute Gasteiger partial charge is 0.317 e. The van der Waals surface area contributed by atoms with Gasteiger partial charge < -0.3 is 4.74 Å². The number of fused-ring (bicyclic) bond motifs is 2. The quantitative estimate of drug-likeness (QED) is 0.674. The maximum atomic E-state index is 12.7. The number of aromatic nitrogens is 4. The molecular formula is C17H17N5O2S. The van der Waals surface area contributed by atoms with Crippen molar-refractivity contribution in [2.24, 2.45) is 10.9 Å². The summed E-state index contributed by atoms with van der Waals surface area (Å²) in [5.74, 6) is -0.422. The molecule has 2 aromatic heterocycles. The molecule has 1 aliphatic heterocycles. The SMILES string of the molecule is CCOC(=O)C1C(C)=Nc2nnnn2C1c1sc2ccccc2c1C. The first-order valence-electron chi connectivity index (χ1n) is 8.09. The summed E-state index contributed by atoms with van der Waals surface area (Å²) in [5, 5.41) is 13.0. The first kappa shape index (κ1) is 15.9. The Morgan fingerprint density at radius 1 is 1.32 bits per heavy atom. The van der Waals surface area contributed by atoms with E-state index in [0.29, 0.717) is 18.3 Å². The van der Waals surface area contributed by atoms with Crippen molar-refractivity contribution in [2.75, 3.05) is 6.61 Å². The lowest BCUT2D eigenvalue weighted by Crippen LogP contribution is -2.37. The molecule has 2 unspecified atom stereocenters. The molecule has 3 aromatic rings. The summed E-state index contributed by atoms with van der Waals surface area (Å²) in [7, 11) is 0. The van der Waals surface area contributed by atoms with Crippen molar-refractivity contribution < 1.29 is 9.53 Å². The molecule has 0 N–H and O–H groups in total. The Bertz CT molecular complexity index is 990. The second-order valence-electron chi connectivity index (χ2n) is 5.94. The average Bonchev–Trinajstić information content (AvgIpc) is 3.18. The van der Waals surface area contributed by atoms with Crippen molar-refractivity contribution in [2.45, 2.75) is 26.8 Å². The highest BCUT2D eigenvalue weighted by molar-refractivity contribution is 7.19. The molecule has 0 spiro atoms. The molecule has 0 amide bonds. The van der Waals surface area contributed by atoms with Crippen LogP contribution in [0.3, 0.4) is 0 Å². The number of rotatable bonds is 3. The first-order chi connectivity index (χ1) is 12.1. The van der Waals surface area contributed by atoms with Crippen LogP contribution >= 0.6 is 11.3 Å². The number of esters is 1. The van der Waals surface area contributed by atoms with E-state index >= 15 is 0 Å². The van der Waals surface area contributed by atoms with E-state index in [9.17, 15) is 4.79 Å². The number of hydrogen-bond acceptors (Lipinski definition) is 7. The van der Waals surface area contributed by atoms with Gasteiger partial charge >= 0.3 is 5.97 Å². The highest BCUT2D eigenvalue weighted by Gasteiger charge is 2.41. The van der Waals surface area contributed by atoms with Gasteiger partial charge in [-0.1, -0.05) is 23.3 Å². The fourth-order valence-corrected chi connectivity index (χ4v) is 4.64. The van der Waals surface area contributed by atoms with Crippen LogP contribution in [-0.2, 0) is 9.53 Å². The van der Waals surface area contributed by atoms with Crippen LogP contribution in [-0.4, -0.2) is 38.5 Å². The minimum absolute atomic E-state index is 0.299. The van der Waals surface area contributed by atoms with Gasteiger partial charge in [0.25, 0.3) is 5.95 Å². The maximum Gasteiger partial charge on any atom is 0.317 e. The zero-order chi connectivity index (χ0) is 17.6. The van der Waals surface area contributed by atoms with Crippen LogP contribution in [0.1, 0.15) is 30.3 Å². The summed E-state index contributed by atoms with van der Waals surface area (Å²) in [5.41, 5.74) is 1.80. The number of thiophene rings is 1. The van der Waals surface area contributed by atoms with Gasteiger partial charge in [0.1, 0.15) is 12.0 Å². The molecule has 25 heavy (non-hydrogen) atoms. The fraction of sp³-hybridized carbons (Fsp3) is 0.353. The van der Waals surface area contributed by atoms with Crippen LogP contribution < -0.4 is 0 Å². The van der Waals surface area contributed by atoms with Crippen molar-refractivity contribution in [1.82, 2.24) is 20.2 Å². The third kappa shape index (κ3) is 2.44. The van der Waals surface area contributed by atoms with Crippen LogP contribution in [0.5, 0.6) is 0 Å². The fourth-order valence-electron chi connectivity index (χ4n) is 3.31. The first-order valence-corrected chi connectivity index (χ1v) is 8.91. The van der Waals surface area contributed by atoms with Gasteiger partial charge in [-0.25, -0.2) is 9.67 Å². The van der Waals surface area contributed by atoms with Crippen LogP contribution in [0.2, 0.25) is 0 Å². The van der Waals surface area contributed by atoms with Crippen LogP contribution in [0.25, 0.3) is 10.1 Å². The normalized spacial score (nSPS) is 19.6. The summed E-state index contributed by atoms with van der Waals surface area (Å²) in [6.07, 6.45) is 0. The molecule has 0 aliphatic carbocycles. The van der Waals surface area contributed by atoms with Gasteiger partial charge in [-0.05, 0) is 48.2 Å². The highest BCUT2D eigenvalue weighted by Crippen LogP contribution is 2.42. The lowest BCUT2D eigenvalue weighted by atomic mass is 9.91. The summed E-state index contributed by atoms with van der Waals surface area (Å²) in [6.45, 7) is 6.02. The van der Waals surface area contributed by atoms with E-state index in [-0.39, 0.29) is 12.0 Å². The second kappa shape index (κ2) is 6.03. The third-order valence-corrected chi connectivity index (χ3v) is 5.81. The molecule has 2 atom stereocenters. The van der Waals surface area contributed by atoms with Crippen LogP contribution in [0.4, 0.5) is 5.95 Å². The molecule has 0 bridgehead atoms. The number of nitrogens with zero attached hydrogens (tertiary/aromatic N) is 5. The number of benzene rings is 1. The molecule has 0 saturated carbocycles. The minimum Gasteiger partial charge on any atom is -0.465 e. The molecule has 4 rings (SSSR count). The number of aryl methyl sites for hydroxylation is 1. The van der Waals surface area contributed by atoms with Gasteiger partial charge in [0, 0.05) is 15.3 Å². The lowest BCUT2D eigenvalue weighted by molar-refractivity contribution is -0.146. The maximum absolute atomic E-state index is 12.7. The predicted molar refractivity (Wildman–Crippen MR) is 95.4 cm³/mol. The molecule has 0 saturated heterocycles. The molecule has 1 aromatic carbocycles. The van der Waals surface area contributed by atoms with E-state index in [1.807, 2.05) is 19.1 Å². The van der Waals surface area contributed by atoms with Gasteiger partial charge in [-0.2, -0.15) is 0 Å². The number of aliphatic imine (C=N–C) groups is 1. The highest BCUT2D eigenvalue weighted by atomic mass is 32.1.